The summed E-state index contributed by atoms with van der Waals surface area (Å²) in [5.74, 6) is -0.323. The molecule has 8 nitrogen and oxygen atoms in total. The Morgan fingerprint density at radius 1 is 1.16 bits per heavy atom. The molecule has 2 amide bonds. The van der Waals surface area contributed by atoms with Crippen molar-refractivity contribution in [2.45, 2.75) is 38.5 Å². The van der Waals surface area contributed by atoms with E-state index in [1.165, 1.54) is 4.90 Å². The number of β-amino-alcohol motifs (C(OH)–C–C–N with tert-alkyl or cyclic N) is 1. The number of carbonyl (C=O) groups is 2. The van der Waals surface area contributed by atoms with Crippen LogP contribution in [-0.2, 0) is 4.74 Å². The second-order valence-corrected chi connectivity index (χ2v) is 8.60. The van der Waals surface area contributed by atoms with Gasteiger partial charge in [-0.05, 0) is 45.0 Å². The highest BCUT2D eigenvalue weighted by atomic mass is 16.6. The first kappa shape index (κ1) is 20.9. The summed E-state index contributed by atoms with van der Waals surface area (Å²) in [6.45, 7) is 5.64. The van der Waals surface area contributed by atoms with E-state index in [0.29, 0.717) is 5.56 Å². The smallest absolute Gasteiger partial charge is 0.410 e. The van der Waals surface area contributed by atoms with Crippen LogP contribution in [0.15, 0.2) is 53.3 Å². The molecule has 1 aromatic carbocycles. The number of aliphatic hydroxyl groups excluding tert-OH is 1. The van der Waals surface area contributed by atoms with Gasteiger partial charge < -0.3 is 24.5 Å². The van der Waals surface area contributed by atoms with Crippen molar-refractivity contribution in [2.24, 2.45) is 0 Å². The van der Waals surface area contributed by atoms with E-state index in [1.54, 1.807) is 51.4 Å². The third kappa shape index (κ3) is 4.54. The van der Waals surface area contributed by atoms with Crippen molar-refractivity contribution in [1.29, 1.82) is 0 Å². The molecule has 0 radical (unpaired) electrons. The zero-order valence-corrected chi connectivity index (χ0v) is 17.7. The fourth-order valence-electron chi connectivity index (χ4n) is 3.56. The van der Waals surface area contributed by atoms with Crippen LogP contribution in [0.3, 0.4) is 0 Å². The van der Waals surface area contributed by atoms with Gasteiger partial charge in [0.1, 0.15) is 11.2 Å². The van der Waals surface area contributed by atoms with Crippen LogP contribution in [0, 0.1) is 0 Å². The second kappa shape index (κ2) is 8.03. The average molecular weight is 423 g/mol. The summed E-state index contributed by atoms with van der Waals surface area (Å²) < 4.78 is 10.8. The molecular weight excluding hydrogens is 398 g/mol. The normalized spacial score (nSPS) is 18.9. The number of carbonyl (C=O) groups excluding carboxylic acids is 2. The van der Waals surface area contributed by atoms with Gasteiger partial charge in [-0.3, -0.25) is 9.78 Å². The summed E-state index contributed by atoms with van der Waals surface area (Å²) in [6, 6.07) is 10.1. The van der Waals surface area contributed by atoms with Crippen molar-refractivity contribution < 1.29 is 23.8 Å². The van der Waals surface area contributed by atoms with E-state index in [4.69, 9.17) is 9.15 Å². The Labute approximate surface area is 179 Å². The molecule has 162 valence electrons. The molecule has 31 heavy (non-hydrogen) atoms. The largest absolute Gasteiger partial charge is 0.464 e. The van der Waals surface area contributed by atoms with Gasteiger partial charge in [0, 0.05) is 29.3 Å². The minimum Gasteiger partial charge on any atom is -0.464 e. The molecule has 0 aliphatic carbocycles. The zero-order valence-electron chi connectivity index (χ0n) is 17.7. The number of pyridine rings is 1. The van der Waals surface area contributed by atoms with Gasteiger partial charge in [-0.15, -0.1) is 0 Å². The number of hydrogen-bond acceptors (Lipinski definition) is 6. The lowest BCUT2D eigenvalue weighted by Gasteiger charge is -2.24. The minimum absolute atomic E-state index is 0.110. The summed E-state index contributed by atoms with van der Waals surface area (Å²) in [4.78, 5) is 30.7. The molecule has 1 fully saturated rings. The Morgan fingerprint density at radius 3 is 2.61 bits per heavy atom. The molecule has 8 heteroatoms. The van der Waals surface area contributed by atoms with E-state index in [-0.39, 0.29) is 19.0 Å². The predicted molar refractivity (Wildman–Crippen MR) is 115 cm³/mol. The lowest BCUT2D eigenvalue weighted by molar-refractivity contribution is 0.0269. The molecule has 0 bridgehead atoms. The van der Waals surface area contributed by atoms with Gasteiger partial charge in [0.05, 0.1) is 30.6 Å². The van der Waals surface area contributed by atoms with Crippen molar-refractivity contribution >= 4 is 23.0 Å². The van der Waals surface area contributed by atoms with Crippen LogP contribution in [0.5, 0.6) is 0 Å². The highest BCUT2D eigenvalue weighted by Crippen LogP contribution is 2.27. The minimum atomic E-state index is -0.862. The number of fused-ring (bicyclic) bond motifs is 1. The molecule has 1 aliphatic heterocycles. The number of hydrogen-bond donors (Lipinski definition) is 2. The lowest BCUT2D eigenvalue weighted by Crippen LogP contribution is -2.43. The third-order valence-corrected chi connectivity index (χ3v) is 5.06. The first-order valence-corrected chi connectivity index (χ1v) is 10.1. The van der Waals surface area contributed by atoms with Gasteiger partial charge in [0.15, 0.2) is 0 Å². The monoisotopic (exact) mass is 423 g/mol. The first-order chi connectivity index (χ1) is 14.7. The number of aromatic nitrogens is 1. The van der Waals surface area contributed by atoms with E-state index in [2.05, 4.69) is 10.3 Å². The quantitative estimate of drug-likeness (QED) is 0.670. The van der Waals surface area contributed by atoms with Gasteiger partial charge in [-0.1, -0.05) is 12.1 Å². The fourth-order valence-corrected chi connectivity index (χ4v) is 3.56. The van der Waals surface area contributed by atoms with Gasteiger partial charge in [0.25, 0.3) is 5.91 Å². The second-order valence-electron chi connectivity index (χ2n) is 8.60. The van der Waals surface area contributed by atoms with Crippen LogP contribution in [-0.4, -0.2) is 57.8 Å². The molecule has 4 rings (SSSR count). The number of furan rings is 1. The summed E-state index contributed by atoms with van der Waals surface area (Å²) in [5, 5.41) is 14.0. The Morgan fingerprint density at radius 2 is 1.90 bits per heavy atom. The number of nitrogens with one attached hydrogen (secondary N) is 1. The summed E-state index contributed by atoms with van der Waals surface area (Å²) in [5.41, 5.74) is 2.21. The SMILES string of the molecule is CC(C)(C)OC(=O)N1C[C@H](O)[C@H](NC(=O)c2ccc(-c3nccc4occc34)cc2)C1. The molecule has 1 saturated heterocycles. The van der Waals surface area contributed by atoms with Gasteiger partial charge in [0.2, 0.25) is 0 Å². The summed E-state index contributed by atoms with van der Waals surface area (Å²) in [7, 11) is 0. The van der Waals surface area contributed by atoms with E-state index in [0.717, 1.165) is 22.2 Å². The Bertz CT molecular complexity index is 1100. The van der Waals surface area contributed by atoms with E-state index < -0.39 is 23.8 Å². The average Bonchev–Trinajstić information content (AvgIpc) is 3.33. The molecule has 0 saturated carbocycles. The molecule has 0 spiro atoms. The molecular formula is C23H25N3O5. The summed E-state index contributed by atoms with van der Waals surface area (Å²) >= 11 is 0. The van der Waals surface area contributed by atoms with Crippen LogP contribution in [0.2, 0.25) is 0 Å². The van der Waals surface area contributed by atoms with E-state index in [9.17, 15) is 14.7 Å². The van der Waals surface area contributed by atoms with Crippen LogP contribution in [0.25, 0.3) is 22.2 Å². The summed E-state index contributed by atoms with van der Waals surface area (Å²) in [6.07, 6.45) is 1.93. The number of aliphatic hydroxyl groups is 1. The Kier molecular flexibility index (Phi) is 5.41. The van der Waals surface area contributed by atoms with E-state index in [1.807, 2.05) is 18.2 Å². The third-order valence-electron chi connectivity index (χ3n) is 5.06. The van der Waals surface area contributed by atoms with Crippen molar-refractivity contribution in [2.75, 3.05) is 13.1 Å². The van der Waals surface area contributed by atoms with Crippen LogP contribution >= 0.6 is 0 Å². The maximum atomic E-state index is 12.7. The number of rotatable bonds is 3. The Hall–Kier alpha value is -3.39. The number of ether oxygens (including phenoxy) is 1. The van der Waals surface area contributed by atoms with Gasteiger partial charge >= 0.3 is 6.09 Å². The highest BCUT2D eigenvalue weighted by Gasteiger charge is 2.37. The fraction of sp³-hybridized carbons (Fsp3) is 0.348. The topological polar surface area (TPSA) is 105 Å². The molecule has 2 N–H and O–H groups in total. The number of amides is 2. The zero-order chi connectivity index (χ0) is 22.2. The molecule has 0 unspecified atom stereocenters. The maximum absolute atomic E-state index is 12.7. The molecule has 3 heterocycles. The molecule has 3 aromatic rings. The lowest BCUT2D eigenvalue weighted by atomic mass is 10.1. The van der Waals surface area contributed by atoms with Crippen LogP contribution < -0.4 is 5.32 Å². The molecule has 1 aliphatic rings. The maximum Gasteiger partial charge on any atom is 0.410 e. The standard InChI is InChI=1S/C23H25N3O5/c1-23(2,3)31-22(29)26-12-17(18(27)13-26)25-21(28)15-6-4-14(5-7-15)20-16-9-11-30-19(16)8-10-24-20/h4-11,17-18,27H,12-13H2,1-3H3,(H,25,28)/t17-,18+/m1/s1. The number of nitrogens with zero attached hydrogens (tertiary/aromatic N) is 2. The van der Waals surface area contributed by atoms with Gasteiger partial charge in [-0.25, -0.2) is 4.79 Å². The Balaban J connectivity index is 1.42. The number of benzene rings is 1. The van der Waals surface area contributed by atoms with Crippen molar-refractivity contribution in [3.05, 3.63) is 54.4 Å². The van der Waals surface area contributed by atoms with Crippen molar-refractivity contribution in [3.8, 4) is 11.3 Å². The van der Waals surface area contributed by atoms with Crippen LogP contribution in [0.1, 0.15) is 31.1 Å². The van der Waals surface area contributed by atoms with Crippen LogP contribution in [0.4, 0.5) is 4.79 Å². The first-order valence-electron chi connectivity index (χ1n) is 10.1. The predicted octanol–water partition coefficient (Wildman–Crippen LogP) is 3.20. The molecule has 2 atom stereocenters. The highest BCUT2D eigenvalue weighted by molar-refractivity contribution is 5.96. The van der Waals surface area contributed by atoms with Gasteiger partial charge in [-0.2, -0.15) is 0 Å². The van der Waals surface area contributed by atoms with Crippen molar-refractivity contribution in [1.82, 2.24) is 15.2 Å². The number of likely N-dealkylation sites (tertiary alicyclic amines) is 1. The van der Waals surface area contributed by atoms with E-state index >= 15 is 0 Å². The molecule has 2 aromatic heterocycles. The van der Waals surface area contributed by atoms with Crippen molar-refractivity contribution in [3.63, 3.8) is 0 Å².